The molecule has 0 aliphatic heterocycles. The van der Waals surface area contributed by atoms with Crippen LogP contribution in [0.3, 0.4) is 0 Å². The van der Waals surface area contributed by atoms with Gasteiger partial charge < -0.3 is 21.1 Å². The van der Waals surface area contributed by atoms with E-state index in [1.54, 1.807) is 31.2 Å². The highest BCUT2D eigenvalue weighted by Gasteiger charge is 2.10. The van der Waals surface area contributed by atoms with Crippen molar-refractivity contribution in [3.05, 3.63) is 52.3 Å². The van der Waals surface area contributed by atoms with Crippen LogP contribution in [0.2, 0.25) is 0 Å². The Hall–Kier alpha value is -2.93. The van der Waals surface area contributed by atoms with Crippen molar-refractivity contribution in [3.8, 4) is 11.3 Å². The SMILES string of the molecule is C[C@@H](N)C(=O)Nc1ccc(-c2ccc(C(=O)O)c(=O)[nH]2)cc1. The summed E-state index contributed by atoms with van der Waals surface area (Å²) in [5.74, 6) is -1.58. The fourth-order valence-electron chi connectivity index (χ4n) is 1.80. The molecule has 0 radical (unpaired) electrons. The molecule has 0 aliphatic rings. The maximum Gasteiger partial charge on any atom is 0.341 e. The summed E-state index contributed by atoms with van der Waals surface area (Å²) in [4.78, 5) is 36.4. The third-order valence-corrected chi connectivity index (χ3v) is 3.02. The number of hydrogen-bond acceptors (Lipinski definition) is 4. The van der Waals surface area contributed by atoms with Crippen molar-refractivity contribution in [1.29, 1.82) is 0 Å². The van der Waals surface area contributed by atoms with Gasteiger partial charge in [-0.05, 0) is 36.8 Å². The number of rotatable bonds is 4. The first kappa shape index (κ1) is 15.5. The number of amides is 1. The van der Waals surface area contributed by atoms with Crippen molar-refractivity contribution in [3.63, 3.8) is 0 Å². The molecule has 0 saturated carbocycles. The van der Waals surface area contributed by atoms with Crippen LogP contribution in [0.15, 0.2) is 41.2 Å². The van der Waals surface area contributed by atoms with E-state index in [4.69, 9.17) is 10.8 Å². The van der Waals surface area contributed by atoms with Crippen LogP contribution in [0.5, 0.6) is 0 Å². The van der Waals surface area contributed by atoms with Gasteiger partial charge in [0.15, 0.2) is 0 Å². The Morgan fingerprint density at radius 3 is 2.32 bits per heavy atom. The van der Waals surface area contributed by atoms with Gasteiger partial charge in [-0.1, -0.05) is 12.1 Å². The molecule has 7 heteroatoms. The molecule has 22 heavy (non-hydrogen) atoms. The molecular weight excluding hydrogens is 286 g/mol. The van der Waals surface area contributed by atoms with Gasteiger partial charge >= 0.3 is 5.97 Å². The van der Waals surface area contributed by atoms with E-state index in [1.807, 2.05) is 0 Å². The maximum atomic E-state index is 11.6. The van der Waals surface area contributed by atoms with Gasteiger partial charge in [0.25, 0.3) is 5.56 Å². The molecule has 0 unspecified atom stereocenters. The van der Waals surface area contributed by atoms with Gasteiger partial charge in [-0.2, -0.15) is 0 Å². The zero-order chi connectivity index (χ0) is 16.3. The predicted molar refractivity (Wildman–Crippen MR) is 81.7 cm³/mol. The second kappa shape index (κ2) is 6.23. The van der Waals surface area contributed by atoms with E-state index in [-0.39, 0.29) is 11.5 Å². The van der Waals surface area contributed by atoms with Crippen molar-refractivity contribution in [1.82, 2.24) is 4.98 Å². The van der Waals surface area contributed by atoms with Gasteiger partial charge in [0.1, 0.15) is 5.56 Å². The molecule has 0 aliphatic carbocycles. The molecule has 7 nitrogen and oxygen atoms in total. The van der Waals surface area contributed by atoms with Crippen LogP contribution >= 0.6 is 0 Å². The average Bonchev–Trinajstić information content (AvgIpc) is 2.47. The number of hydrogen-bond donors (Lipinski definition) is 4. The van der Waals surface area contributed by atoms with E-state index in [2.05, 4.69) is 10.3 Å². The second-order valence-corrected chi connectivity index (χ2v) is 4.78. The van der Waals surface area contributed by atoms with E-state index >= 15 is 0 Å². The molecule has 0 spiro atoms. The standard InChI is InChI=1S/C15H15N3O4/c1-8(16)13(19)17-10-4-2-9(3-5-10)12-7-6-11(15(21)22)14(20)18-12/h2-8H,16H2,1H3,(H,17,19)(H,18,20)(H,21,22)/t8-/m1/s1. The molecule has 114 valence electrons. The summed E-state index contributed by atoms with van der Waals surface area (Å²) >= 11 is 0. The number of carbonyl (C=O) groups excluding carboxylic acids is 1. The fraction of sp³-hybridized carbons (Fsp3) is 0.133. The second-order valence-electron chi connectivity index (χ2n) is 4.78. The summed E-state index contributed by atoms with van der Waals surface area (Å²) < 4.78 is 0. The highest BCUT2D eigenvalue weighted by atomic mass is 16.4. The first-order valence-corrected chi connectivity index (χ1v) is 6.52. The third kappa shape index (κ3) is 3.39. The van der Waals surface area contributed by atoms with Crippen molar-refractivity contribution in [2.75, 3.05) is 5.32 Å². The molecule has 2 rings (SSSR count). The number of carbonyl (C=O) groups is 2. The number of pyridine rings is 1. The molecule has 1 aromatic carbocycles. The van der Waals surface area contributed by atoms with E-state index in [0.29, 0.717) is 16.9 Å². The van der Waals surface area contributed by atoms with Crippen LogP contribution in [0, 0.1) is 0 Å². The lowest BCUT2D eigenvalue weighted by Crippen LogP contribution is -2.32. The number of benzene rings is 1. The lowest BCUT2D eigenvalue weighted by Gasteiger charge is -2.08. The van der Waals surface area contributed by atoms with Crippen LogP contribution in [-0.4, -0.2) is 28.0 Å². The molecule has 0 fully saturated rings. The molecule has 1 atom stereocenters. The number of aromatic carboxylic acids is 1. The monoisotopic (exact) mass is 301 g/mol. The van der Waals surface area contributed by atoms with E-state index in [9.17, 15) is 14.4 Å². The van der Waals surface area contributed by atoms with Gasteiger partial charge in [-0.3, -0.25) is 9.59 Å². The molecule has 1 aromatic heterocycles. The Balaban J connectivity index is 2.24. The van der Waals surface area contributed by atoms with Gasteiger partial charge in [0.05, 0.1) is 6.04 Å². The lowest BCUT2D eigenvalue weighted by molar-refractivity contribution is -0.117. The zero-order valence-electron chi connectivity index (χ0n) is 11.8. The van der Waals surface area contributed by atoms with Crippen LogP contribution in [0.4, 0.5) is 5.69 Å². The van der Waals surface area contributed by atoms with Crippen LogP contribution in [0.25, 0.3) is 11.3 Å². The highest BCUT2D eigenvalue weighted by Crippen LogP contribution is 2.19. The Labute approximate surface area is 125 Å². The smallest absolute Gasteiger partial charge is 0.341 e. The normalized spacial score (nSPS) is 11.7. The number of aromatic amines is 1. The summed E-state index contributed by atoms with van der Waals surface area (Å²) in [6.07, 6.45) is 0. The van der Waals surface area contributed by atoms with Crippen LogP contribution in [-0.2, 0) is 4.79 Å². The summed E-state index contributed by atoms with van der Waals surface area (Å²) in [6, 6.07) is 8.88. The van der Waals surface area contributed by atoms with Gasteiger partial charge in [0.2, 0.25) is 5.91 Å². The van der Waals surface area contributed by atoms with Crippen LogP contribution < -0.4 is 16.6 Å². The number of nitrogens with two attached hydrogens (primary N) is 1. The highest BCUT2D eigenvalue weighted by molar-refractivity contribution is 5.94. The predicted octanol–water partition coefficient (Wildman–Crippen LogP) is 1.03. The molecule has 5 N–H and O–H groups in total. The quantitative estimate of drug-likeness (QED) is 0.671. The number of anilines is 1. The van der Waals surface area contributed by atoms with Gasteiger partial charge in [-0.15, -0.1) is 0 Å². The zero-order valence-corrected chi connectivity index (χ0v) is 11.8. The minimum atomic E-state index is -1.28. The minimum Gasteiger partial charge on any atom is -0.477 e. The largest absolute Gasteiger partial charge is 0.477 e. The number of H-pyrrole nitrogens is 1. The average molecular weight is 301 g/mol. The molecular formula is C15H15N3O4. The Kier molecular flexibility index (Phi) is 4.38. The van der Waals surface area contributed by atoms with Gasteiger partial charge in [-0.25, -0.2) is 4.79 Å². The van der Waals surface area contributed by atoms with Crippen molar-refractivity contribution < 1.29 is 14.7 Å². The third-order valence-electron chi connectivity index (χ3n) is 3.02. The van der Waals surface area contributed by atoms with E-state index < -0.39 is 17.6 Å². The van der Waals surface area contributed by atoms with Gasteiger partial charge in [0, 0.05) is 11.4 Å². The molecule has 1 amide bonds. The topological polar surface area (TPSA) is 125 Å². The Morgan fingerprint density at radius 2 is 1.82 bits per heavy atom. The molecule has 2 aromatic rings. The Bertz CT molecular complexity index is 763. The van der Waals surface area contributed by atoms with Crippen LogP contribution in [0.1, 0.15) is 17.3 Å². The summed E-state index contributed by atoms with van der Waals surface area (Å²) in [5, 5.41) is 11.5. The lowest BCUT2D eigenvalue weighted by atomic mass is 10.1. The molecule has 1 heterocycles. The van der Waals surface area contributed by atoms with E-state index in [0.717, 1.165) is 0 Å². The first-order chi connectivity index (χ1) is 10.4. The summed E-state index contributed by atoms with van der Waals surface area (Å²) in [7, 11) is 0. The number of carboxylic acid groups (broad SMARTS) is 1. The fourth-order valence-corrected chi connectivity index (χ4v) is 1.80. The van der Waals surface area contributed by atoms with E-state index in [1.165, 1.54) is 12.1 Å². The number of carboxylic acids is 1. The Morgan fingerprint density at radius 1 is 1.18 bits per heavy atom. The van der Waals surface area contributed by atoms with Crippen molar-refractivity contribution in [2.24, 2.45) is 5.73 Å². The summed E-state index contributed by atoms with van der Waals surface area (Å²) in [6.45, 7) is 1.58. The minimum absolute atomic E-state index is 0.299. The number of aromatic nitrogens is 1. The maximum absolute atomic E-state index is 11.6. The summed E-state index contributed by atoms with van der Waals surface area (Å²) in [5.41, 5.74) is 6.23. The van der Waals surface area contributed by atoms with Crippen molar-refractivity contribution >= 4 is 17.6 Å². The number of nitrogens with one attached hydrogen (secondary N) is 2. The molecule has 0 saturated heterocycles. The first-order valence-electron chi connectivity index (χ1n) is 6.52. The van der Waals surface area contributed by atoms with Crippen molar-refractivity contribution in [2.45, 2.75) is 13.0 Å². The molecule has 0 bridgehead atoms.